The van der Waals surface area contributed by atoms with Gasteiger partial charge in [-0.05, 0) is 73.4 Å². The highest BCUT2D eigenvalue weighted by Crippen LogP contribution is 2.27. The molecular weight excluding hydrogens is 588 g/mol. The quantitative estimate of drug-likeness (QED) is 0.277. The molecule has 3 aromatic rings. The number of carbonyl (C=O) groups excluding carboxylic acids is 2. The summed E-state index contributed by atoms with van der Waals surface area (Å²) in [7, 11) is -4.28. The van der Waals surface area contributed by atoms with E-state index in [2.05, 4.69) is 5.32 Å². The highest BCUT2D eigenvalue weighted by atomic mass is 35.5. The maximum atomic E-state index is 14.1. The standard InChI is InChI=1S/C30H32Cl2FN3O4S/c1-2-28(30(38)34-23-8-6-7-9-23)35(19-21-12-17-26(31)27(32)18-21)29(37)20-36(24-10-4-3-5-11-24)41(39,40)25-15-13-22(33)14-16-25/h3-5,10-18,23,28H,2,6-9,19-20H2,1H3,(H,34,38)/t28-/m1/s1. The largest absolute Gasteiger partial charge is 0.352 e. The lowest BCUT2D eigenvalue weighted by atomic mass is 10.1. The summed E-state index contributed by atoms with van der Waals surface area (Å²) >= 11 is 12.3. The molecule has 0 bridgehead atoms. The number of hydrogen-bond acceptors (Lipinski definition) is 4. The van der Waals surface area contributed by atoms with Crippen LogP contribution in [0.15, 0.2) is 77.7 Å². The number of hydrogen-bond donors (Lipinski definition) is 1. The van der Waals surface area contributed by atoms with Crippen molar-refractivity contribution in [1.29, 1.82) is 0 Å². The van der Waals surface area contributed by atoms with E-state index in [1.54, 1.807) is 55.5 Å². The van der Waals surface area contributed by atoms with Crippen LogP contribution in [0.5, 0.6) is 0 Å². The Hall–Kier alpha value is -3.14. The summed E-state index contributed by atoms with van der Waals surface area (Å²) in [6.07, 6.45) is 4.12. The fourth-order valence-electron chi connectivity index (χ4n) is 4.98. The van der Waals surface area contributed by atoms with Crippen LogP contribution >= 0.6 is 23.2 Å². The number of halogens is 3. The van der Waals surface area contributed by atoms with Crippen molar-refractivity contribution in [3.05, 3.63) is 94.2 Å². The number of para-hydroxylation sites is 1. The summed E-state index contributed by atoms with van der Waals surface area (Å²) in [5.41, 5.74) is 0.885. The Kier molecular flexibility index (Phi) is 10.3. The van der Waals surface area contributed by atoms with Gasteiger partial charge in [0, 0.05) is 12.6 Å². The third-order valence-corrected chi connectivity index (χ3v) is 9.68. The van der Waals surface area contributed by atoms with Gasteiger partial charge in [0.2, 0.25) is 11.8 Å². The number of sulfonamides is 1. The summed E-state index contributed by atoms with van der Waals surface area (Å²) in [4.78, 5) is 28.8. The summed E-state index contributed by atoms with van der Waals surface area (Å²) in [6.45, 7) is 1.22. The molecule has 3 aromatic carbocycles. The zero-order chi connectivity index (χ0) is 29.6. The minimum Gasteiger partial charge on any atom is -0.352 e. The molecule has 0 unspecified atom stereocenters. The lowest BCUT2D eigenvalue weighted by molar-refractivity contribution is -0.140. The van der Waals surface area contributed by atoms with Crippen molar-refractivity contribution in [2.45, 2.75) is 62.6 Å². The zero-order valence-electron chi connectivity index (χ0n) is 22.6. The van der Waals surface area contributed by atoms with E-state index in [4.69, 9.17) is 23.2 Å². The second-order valence-corrected chi connectivity index (χ2v) is 12.7. The first-order valence-electron chi connectivity index (χ1n) is 13.5. The van der Waals surface area contributed by atoms with Gasteiger partial charge in [0.05, 0.1) is 20.6 Å². The number of anilines is 1. The topological polar surface area (TPSA) is 86.8 Å². The van der Waals surface area contributed by atoms with Crippen LogP contribution in [0.1, 0.15) is 44.6 Å². The van der Waals surface area contributed by atoms with Crippen LogP contribution in [-0.2, 0) is 26.2 Å². The minimum absolute atomic E-state index is 0.00550. The summed E-state index contributed by atoms with van der Waals surface area (Å²) in [6, 6.07) is 16.7. The fourth-order valence-corrected chi connectivity index (χ4v) is 6.71. The molecule has 1 saturated carbocycles. The van der Waals surface area contributed by atoms with Crippen molar-refractivity contribution in [2.75, 3.05) is 10.8 Å². The highest BCUT2D eigenvalue weighted by molar-refractivity contribution is 7.92. The maximum Gasteiger partial charge on any atom is 0.264 e. The monoisotopic (exact) mass is 619 g/mol. The van der Waals surface area contributed by atoms with Gasteiger partial charge >= 0.3 is 0 Å². The first kappa shape index (κ1) is 30.8. The SMILES string of the molecule is CC[C@H](C(=O)NC1CCCC1)N(Cc1ccc(Cl)c(Cl)c1)C(=O)CN(c1ccccc1)S(=O)(=O)c1ccc(F)cc1. The molecule has 0 radical (unpaired) electrons. The minimum atomic E-state index is -4.28. The second-order valence-electron chi connectivity index (χ2n) is 9.99. The average molecular weight is 621 g/mol. The zero-order valence-corrected chi connectivity index (χ0v) is 24.9. The Morgan fingerprint density at radius 1 is 0.976 bits per heavy atom. The number of benzene rings is 3. The molecule has 1 fully saturated rings. The molecule has 11 heteroatoms. The van der Waals surface area contributed by atoms with E-state index < -0.39 is 34.3 Å². The van der Waals surface area contributed by atoms with Gasteiger partial charge in [-0.3, -0.25) is 13.9 Å². The number of nitrogens with one attached hydrogen (secondary N) is 1. The molecule has 7 nitrogen and oxygen atoms in total. The Balaban J connectivity index is 1.70. The molecule has 0 aromatic heterocycles. The normalized spacial score (nSPS) is 14.4. The van der Waals surface area contributed by atoms with Gasteiger partial charge in [-0.15, -0.1) is 0 Å². The van der Waals surface area contributed by atoms with Gasteiger partial charge in [0.25, 0.3) is 10.0 Å². The average Bonchev–Trinajstić information content (AvgIpc) is 3.47. The predicted molar refractivity (Wildman–Crippen MR) is 159 cm³/mol. The maximum absolute atomic E-state index is 14.1. The van der Waals surface area contributed by atoms with Gasteiger partial charge in [-0.2, -0.15) is 0 Å². The van der Waals surface area contributed by atoms with E-state index in [1.807, 2.05) is 0 Å². The fraction of sp³-hybridized carbons (Fsp3) is 0.333. The Morgan fingerprint density at radius 3 is 2.24 bits per heavy atom. The molecule has 4 rings (SSSR count). The Bertz CT molecular complexity index is 1470. The number of amides is 2. The van der Waals surface area contributed by atoms with Crippen LogP contribution in [0.3, 0.4) is 0 Å². The molecule has 41 heavy (non-hydrogen) atoms. The van der Waals surface area contributed by atoms with Crippen LogP contribution in [-0.4, -0.2) is 43.8 Å². The predicted octanol–water partition coefficient (Wildman–Crippen LogP) is 6.19. The molecule has 1 N–H and O–H groups in total. The van der Waals surface area contributed by atoms with E-state index in [9.17, 15) is 22.4 Å². The van der Waals surface area contributed by atoms with Gasteiger partial charge in [0.15, 0.2) is 0 Å². The Labute approximate surface area is 250 Å². The summed E-state index contributed by atoms with van der Waals surface area (Å²) < 4.78 is 42.1. The van der Waals surface area contributed by atoms with Crippen molar-refractivity contribution in [1.82, 2.24) is 10.2 Å². The van der Waals surface area contributed by atoms with Crippen LogP contribution < -0.4 is 9.62 Å². The molecule has 0 aliphatic heterocycles. The summed E-state index contributed by atoms with van der Waals surface area (Å²) in [5.74, 6) is -1.46. The first-order valence-corrected chi connectivity index (χ1v) is 15.7. The lowest BCUT2D eigenvalue weighted by Gasteiger charge is -2.33. The molecule has 0 heterocycles. The molecule has 1 aliphatic carbocycles. The van der Waals surface area contributed by atoms with Crippen molar-refractivity contribution < 1.29 is 22.4 Å². The van der Waals surface area contributed by atoms with Crippen LogP contribution in [0.4, 0.5) is 10.1 Å². The van der Waals surface area contributed by atoms with Gasteiger partial charge in [-0.1, -0.05) is 67.2 Å². The van der Waals surface area contributed by atoms with Crippen LogP contribution in [0.2, 0.25) is 10.0 Å². The molecule has 1 atom stereocenters. The van der Waals surface area contributed by atoms with Crippen molar-refractivity contribution in [2.24, 2.45) is 0 Å². The van der Waals surface area contributed by atoms with Gasteiger partial charge in [-0.25, -0.2) is 12.8 Å². The molecule has 1 aliphatic rings. The Morgan fingerprint density at radius 2 is 1.63 bits per heavy atom. The lowest BCUT2D eigenvalue weighted by Crippen LogP contribution is -2.53. The van der Waals surface area contributed by atoms with E-state index in [1.165, 1.54) is 4.90 Å². The van der Waals surface area contributed by atoms with E-state index >= 15 is 0 Å². The van der Waals surface area contributed by atoms with E-state index in [0.717, 1.165) is 54.3 Å². The molecular formula is C30H32Cl2FN3O4S. The van der Waals surface area contributed by atoms with Gasteiger partial charge < -0.3 is 10.2 Å². The van der Waals surface area contributed by atoms with Crippen molar-refractivity contribution in [3.8, 4) is 0 Å². The number of rotatable bonds is 11. The molecule has 0 spiro atoms. The molecule has 218 valence electrons. The third kappa shape index (κ3) is 7.58. The van der Waals surface area contributed by atoms with Gasteiger partial charge in [0.1, 0.15) is 18.4 Å². The van der Waals surface area contributed by atoms with E-state index in [-0.39, 0.29) is 29.1 Å². The van der Waals surface area contributed by atoms with Crippen LogP contribution in [0.25, 0.3) is 0 Å². The first-order chi connectivity index (χ1) is 19.6. The van der Waals surface area contributed by atoms with Crippen LogP contribution in [0, 0.1) is 5.82 Å². The van der Waals surface area contributed by atoms with E-state index in [0.29, 0.717) is 22.0 Å². The number of carbonyl (C=O) groups is 2. The molecule has 0 saturated heterocycles. The smallest absolute Gasteiger partial charge is 0.264 e. The second kappa shape index (κ2) is 13.7. The van der Waals surface area contributed by atoms with Crippen molar-refractivity contribution in [3.63, 3.8) is 0 Å². The van der Waals surface area contributed by atoms with Crippen molar-refractivity contribution >= 4 is 50.7 Å². The number of nitrogens with zero attached hydrogens (tertiary/aromatic N) is 2. The highest BCUT2D eigenvalue weighted by Gasteiger charge is 2.34. The summed E-state index contributed by atoms with van der Waals surface area (Å²) in [5, 5.41) is 3.71. The third-order valence-electron chi connectivity index (χ3n) is 7.15. The molecule has 2 amide bonds.